The Morgan fingerprint density at radius 1 is 1.24 bits per heavy atom. The van der Waals surface area contributed by atoms with Crippen molar-refractivity contribution < 1.29 is 13.6 Å². The van der Waals surface area contributed by atoms with Gasteiger partial charge in [-0.25, -0.2) is 14.1 Å². The van der Waals surface area contributed by atoms with E-state index in [0.29, 0.717) is 30.3 Å². The van der Waals surface area contributed by atoms with Crippen LogP contribution in [0.4, 0.5) is 4.39 Å². The maximum absolute atomic E-state index is 13.1. The fourth-order valence-electron chi connectivity index (χ4n) is 3.57. The quantitative estimate of drug-likeness (QED) is 0.662. The van der Waals surface area contributed by atoms with E-state index in [-0.39, 0.29) is 29.9 Å². The average Bonchev–Trinajstić information content (AvgIpc) is 3.36. The lowest BCUT2D eigenvalue weighted by atomic mass is 10.1. The zero-order valence-electron chi connectivity index (χ0n) is 16.0. The first-order valence-corrected chi connectivity index (χ1v) is 9.53. The third kappa shape index (κ3) is 4.26. The molecule has 7 nitrogen and oxygen atoms in total. The second-order valence-electron chi connectivity index (χ2n) is 7.18. The number of aromatic nitrogens is 3. The lowest BCUT2D eigenvalue weighted by Gasteiger charge is -2.22. The Kier molecular flexibility index (Phi) is 5.24. The number of amides is 1. The third-order valence-electron chi connectivity index (χ3n) is 5.01. The summed E-state index contributed by atoms with van der Waals surface area (Å²) in [5.41, 5.74) is 1.28. The number of hydrogen-bond donors (Lipinski definition) is 0. The van der Waals surface area contributed by atoms with Crippen LogP contribution in [0.2, 0.25) is 0 Å². The summed E-state index contributed by atoms with van der Waals surface area (Å²) in [6, 6.07) is 9.00. The zero-order valence-corrected chi connectivity index (χ0v) is 16.0. The Balaban J connectivity index is 1.47. The Hall–Kier alpha value is -3.29. The number of nitrogens with zero attached hydrogens (tertiary/aromatic N) is 4. The lowest BCUT2D eigenvalue weighted by molar-refractivity contribution is -0.133. The minimum absolute atomic E-state index is 0.111. The van der Waals surface area contributed by atoms with Crippen molar-refractivity contribution in [2.75, 3.05) is 6.54 Å². The van der Waals surface area contributed by atoms with Crippen LogP contribution < -0.4 is 5.56 Å². The number of halogens is 1. The second kappa shape index (κ2) is 7.98. The molecule has 8 heteroatoms. The van der Waals surface area contributed by atoms with Crippen molar-refractivity contribution in [3.8, 4) is 0 Å². The Bertz CT molecular complexity index is 1070. The molecule has 3 heterocycles. The lowest BCUT2D eigenvalue weighted by Crippen LogP contribution is -2.37. The van der Waals surface area contributed by atoms with Crippen molar-refractivity contribution in [2.45, 2.75) is 38.8 Å². The van der Waals surface area contributed by atoms with Gasteiger partial charge in [-0.2, -0.15) is 5.10 Å². The Morgan fingerprint density at radius 3 is 2.83 bits per heavy atom. The van der Waals surface area contributed by atoms with Crippen molar-refractivity contribution in [2.24, 2.45) is 0 Å². The first kappa shape index (κ1) is 19.0. The minimum Gasteiger partial charge on any atom is -0.443 e. The fraction of sp³-hybridized carbons (Fsp3) is 0.333. The van der Waals surface area contributed by atoms with Gasteiger partial charge in [0.15, 0.2) is 0 Å². The predicted molar refractivity (Wildman–Crippen MR) is 103 cm³/mol. The highest BCUT2D eigenvalue weighted by atomic mass is 19.1. The van der Waals surface area contributed by atoms with Crippen LogP contribution in [0.15, 0.2) is 51.8 Å². The van der Waals surface area contributed by atoms with Crippen molar-refractivity contribution >= 4 is 5.91 Å². The summed E-state index contributed by atoms with van der Waals surface area (Å²) in [7, 11) is 0. The Labute approximate surface area is 166 Å². The molecule has 0 radical (unpaired) electrons. The van der Waals surface area contributed by atoms with Gasteiger partial charge in [-0.05, 0) is 43.5 Å². The molecule has 0 unspecified atom stereocenters. The van der Waals surface area contributed by atoms with Crippen LogP contribution in [-0.4, -0.2) is 32.1 Å². The normalized spacial score (nSPS) is 16.3. The van der Waals surface area contributed by atoms with Crippen LogP contribution in [0.3, 0.4) is 0 Å². The first-order valence-electron chi connectivity index (χ1n) is 9.53. The predicted octanol–water partition coefficient (Wildman–Crippen LogP) is 2.63. The maximum Gasteiger partial charge on any atom is 0.267 e. The summed E-state index contributed by atoms with van der Waals surface area (Å²) in [6.45, 7) is 2.24. The molecule has 4 rings (SSSR count). The molecule has 0 saturated carbocycles. The molecule has 0 aliphatic carbocycles. The largest absolute Gasteiger partial charge is 0.443 e. The molecule has 1 atom stereocenters. The van der Waals surface area contributed by atoms with Crippen molar-refractivity contribution in [3.63, 3.8) is 0 Å². The Morgan fingerprint density at radius 2 is 2.03 bits per heavy atom. The molecular weight excluding hydrogens is 375 g/mol. The molecular formula is C21H21FN4O3. The van der Waals surface area contributed by atoms with Gasteiger partial charge in [0.05, 0.1) is 11.9 Å². The molecule has 1 aromatic carbocycles. The number of benzene rings is 1. The van der Waals surface area contributed by atoms with E-state index in [1.807, 2.05) is 0 Å². The number of likely N-dealkylation sites (tertiary alicyclic amines) is 1. The summed E-state index contributed by atoms with van der Waals surface area (Å²) in [6.07, 6.45) is 3.73. The van der Waals surface area contributed by atoms with E-state index in [2.05, 4.69) is 10.1 Å². The number of carbonyl (C=O) groups is 1. The number of oxazole rings is 1. The molecule has 0 bridgehead atoms. The maximum atomic E-state index is 13.1. The number of hydrogen-bond acceptors (Lipinski definition) is 5. The molecule has 1 aliphatic rings. The van der Waals surface area contributed by atoms with Gasteiger partial charge in [0.25, 0.3) is 5.56 Å². The van der Waals surface area contributed by atoms with E-state index in [1.54, 1.807) is 36.2 Å². The molecule has 0 N–H and O–H groups in total. The van der Waals surface area contributed by atoms with E-state index in [4.69, 9.17) is 4.42 Å². The van der Waals surface area contributed by atoms with Crippen LogP contribution in [-0.2, 0) is 17.8 Å². The molecule has 2 aromatic heterocycles. The highest BCUT2D eigenvalue weighted by Crippen LogP contribution is 2.32. The van der Waals surface area contributed by atoms with E-state index in [0.717, 1.165) is 18.4 Å². The van der Waals surface area contributed by atoms with Crippen LogP contribution in [0, 0.1) is 12.7 Å². The molecule has 150 valence electrons. The van der Waals surface area contributed by atoms with Gasteiger partial charge in [0, 0.05) is 19.0 Å². The van der Waals surface area contributed by atoms with Crippen LogP contribution in [0.5, 0.6) is 0 Å². The van der Waals surface area contributed by atoms with Gasteiger partial charge in [-0.15, -0.1) is 0 Å². The monoisotopic (exact) mass is 396 g/mol. The van der Waals surface area contributed by atoms with Gasteiger partial charge >= 0.3 is 0 Å². The summed E-state index contributed by atoms with van der Waals surface area (Å²) in [5.74, 6) is 0.667. The van der Waals surface area contributed by atoms with Gasteiger partial charge in [-0.1, -0.05) is 12.1 Å². The van der Waals surface area contributed by atoms with Crippen molar-refractivity contribution in [3.05, 3.63) is 81.7 Å². The standard InChI is InChI=1S/C21H21FN4O3/c1-14-4-9-19(27)26(24-14)13-20(28)25-10-2-3-18(25)21-23-12-17(29-21)11-15-5-7-16(22)8-6-15/h4-9,12,18H,2-3,10-11,13H2,1H3/t18-/m1/s1. The molecule has 1 amide bonds. The number of carbonyl (C=O) groups excluding carboxylic acids is 1. The van der Waals surface area contributed by atoms with Gasteiger partial charge in [-0.3, -0.25) is 9.59 Å². The van der Waals surface area contributed by atoms with Crippen molar-refractivity contribution in [1.29, 1.82) is 0 Å². The van der Waals surface area contributed by atoms with Gasteiger partial charge < -0.3 is 9.32 Å². The highest BCUT2D eigenvalue weighted by molar-refractivity contribution is 5.76. The second-order valence-corrected chi connectivity index (χ2v) is 7.18. The number of rotatable bonds is 5. The summed E-state index contributed by atoms with van der Waals surface area (Å²) in [4.78, 5) is 30.8. The summed E-state index contributed by atoms with van der Waals surface area (Å²) >= 11 is 0. The van der Waals surface area contributed by atoms with Crippen molar-refractivity contribution in [1.82, 2.24) is 19.7 Å². The molecule has 1 aliphatic heterocycles. The van der Waals surface area contributed by atoms with E-state index >= 15 is 0 Å². The fourth-order valence-corrected chi connectivity index (χ4v) is 3.57. The summed E-state index contributed by atoms with van der Waals surface area (Å²) in [5, 5.41) is 4.13. The average molecular weight is 396 g/mol. The van der Waals surface area contributed by atoms with Gasteiger partial charge in [0.2, 0.25) is 11.8 Å². The topological polar surface area (TPSA) is 81.2 Å². The molecule has 3 aromatic rings. The van der Waals surface area contributed by atoms with E-state index in [1.165, 1.54) is 22.9 Å². The molecule has 1 fully saturated rings. The van der Waals surface area contributed by atoms with Gasteiger partial charge in [0.1, 0.15) is 24.2 Å². The van der Waals surface area contributed by atoms with Crippen LogP contribution >= 0.6 is 0 Å². The molecule has 1 saturated heterocycles. The highest BCUT2D eigenvalue weighted by Gasteiger charge is 2.33. The van der Waals surface area contributed by atoms with E-state index in [9.17, 15) is 14.0 Å². The zero-order chi connectivity index (χ0) is 20.4. The summed E-state index contributed by atoms with van der Waals surface area (Å²) < 4.78 is 20.1. The van der Waals surface area contributed by atoms with Crippen LogP contribution in [0.1, 0.15) is 41.8 Å². The van der Waals surface area contributed by atoms with E-state index < -0.39 is 0 Å². The smallest absolute Gasteiger partial charge is 0.267 e. The third-order valence-corrected chi connectivity index (χ3v) is 5.01. The molecule has 29 heavy (non-hydrogen) atoms. The number of aryl methyl sites for hydroxylation is 1. The van der Waals surface area contributed by atoms with Crippen LogP contribution in [0.25, 0.3) is 0 Å². The SMILES string of the molecule is Cc1ccc(=O)n(CC(=O)N2CCC[C@@H]2c2ncc(Cc3ccc(F)cc3)o2)n1. The first-order chi connectivity index (χ1) is 14.0. The molecule has 0 spiro atoms. The minimum atomic E-state index is -0.308.